The fourth-order valence-corrected chi connectivity index (χ4v) is 5.31. The monoisotopic (exact) mass is 460 g/mol. The molecule has 2 N–H and O–H groups in total. The minimum absolute atomic E-state index is 0. The minimum atomic E-state index is -0.354. The predicted octanol–water partition coefficient (Wildman–Crippen LogP) is 1.64. The first-order valence-electron chi connectivity index (χ1n) is 11.6. The van der Waals surface area contributed by atoms with Crippen LogP contribution in [-0.4, -0.2) is 72.3 Å². The van der Waals surface area contributed by atoms with Gasteiger partial charge in [0.05, 0.1) is 17.1 Å². The lowest BCUT2D eigenvalue weighted by molar-refractivity contribution is -0.134. The van der Waals surface area contributed by atoms with E-state index in [-0.39, 0.29) is 30.1 Å². The second kappa shape index (κ2) is 9.77. The van der Waals surface area contributed by atoms with Gasteiger partial charge in [0.2, 0.25) is 11.8 Å². The lowest BCUT2D eigenvalue weighted by Gasteiger charge is -2.37. The lowest BCUT2D eigenvalue weighted by Crippen LogP contribution is -2.46. The summed E-state index contributed by atoms with van der Waals surface area (Å²) in [5.74, 6) is 0.0120. The molecule has 3 aliphatic rings. The molecular weight excluding hydrogens is 428 g/mol. The van der Waals surface area contributed by atoms with Crippen molar-refractivity contribution in [3.63, 3.8) is 0 Å². The van der Waals surface area contributed by atoms with E-state index in [4.69, 9.17) is 0 Å². The second-order valence-corrected chi connectivity index (χ2v) is 9.20. The Morgan fingerprint density at radius 3 is 2.53 bits per heavy atom. The number of piperazine rings is 1. The summed E-state index contributed by atoms with van der Waals surface area (Å²) in [5.41, 5.74) is 3.05. The molecule has 174 valence electrons. The number of aromatic nitrogens is 2. The zero-order chi connectivity index (χ0) is 21.4. The molecule has 0 saturated carbocycles. The summed E-state index contributed by atoms with van der Waals surface area (Å²) >= 11 is 0. The number of aryl methyl sites for hydroxylation is 1. The molecule has 5 rings (SSSR count). The molecule has 9 heteroatoms. The van der Waals surface area contributed by atoms with Gasteiger partial charge in [-0.25, -0.2) is 0 Å². The van der Waals surface area contributed by atoms with Gasteiger partial charge in [0.1, 0.15) is 0 Å². The first kappa shape index (κ1) is 23.0. The van der Waals surface area contributed by atoms with Gasteiger partial charge in [-0.1, -0.05) is 0 Å². The van der Waals surface area contributed by atoms with Crippen LogP contribution in [0.5, 0.6) is 0 Å². The highest BCUT2D eigenvalue weighted by Gasteiger charge is 2.32. The molecule has 8 nitrogen and oxygen atoms in total. The molecule has 3 saturated heterocycles. The van der Waals surface area contributed by atoms with Gasteiger partial charge < -0.3 is 15.1 Å². The lowest BCUT2D eigenvalue weighted by atomic mass is 9.92. The summed E-state index contributed by atoms with van der Waals surface area (Å²) in [4.78, 5) is 28.9. The van der Waals surface area contributed by atoms with Crippen LogP contribution in [0, 0.1) is 5.92 Å². The first-order valence-corrected chi connectivity index (χ1v) is 11.6. The minimum Gasteiger partial charge on any atom is -0.371 e. The van der Waals surface area contributed by atoms with Crippen molar-refractivity contribution < 1.29 is 9.59 Å². The third-order valence-electron chi connectivity index (χ3n) is 7.14. The first-order chi connectivity index (χ1) is 15.1. The number of nitrogens with one attached hydrogen (secondary N) is 2. The maximum Gasteiger partial charge on any atom is 0.235 e. The van der Waals surface area contributed by atoms with E-state index in [1.807, 2.05) is 11.7 Å². The van der Waals surface area contributed by atoms with Gasteiger partial charge in [0, 0.05) is 70.4 Å². The van der Waals surface area contributed by atoms with Crippen LogP contribution in [0.2, 0.25) is 0 Å². The number of piperidine rings is 2. The van der Waals surface area contributed by atoms with Crippen LogP contribution >= 0.6 is 12.4 Å². The Balaban J connectivity index is 0.00000245. The Bertz CT molecular complexity index is 978. The summed E-state index contributed by atoms with van der Waals surface area (Å²) in [6.07, 6.45) is 3.36. The Morgan fingerprint density at radius 2 is 1.81 bits per heavy atom. The fourth-order valence-electron chi connectivity index (χ4n) is 5.31. The topological polar surface area (TPSA) is 82.5 Å². The van der Waals surface area contributed by atoms with Crippen molar-refractivity contribution in [2.75, 3.05) is 50.7 Å². The number of imide groups is 1. The highest BCUT2D eigenvalue weighted by atomic mass is 35.5. The molecule has 4 heterocycles. The van der Waals surface area contributed by atoms with Gasteiger partial charge in [-0.05, 0) is 43.4 Å². The highest BCUT2D eigenvalue weighted by molar-refractivity contribution is 6.02. The van der Waals surface area contributed by atoms with Crippen molar-refractivity contribution >= 4 is 40.8 Å². The molecule has 1 atom stereocenters. The number of carbonyl (C=O) groups is 2. The standard InChI is InChI=1S/C23H32N6O2.ClH/c1-27-20-14-17(29-10-6-16(7-11-29)15-28-12-8-24-9-13-28)2-3-18(20)22(26-27)19-4-5-21(30)25-23(19)31;/h2-3,14,16,19,24H,4-13,15H2,1H3,(H,25,30,31);1H. The number of rotatable bonds is 4. The van der Waals surface area contributed by atoms with Gasteiger partial charge in [-0.2, -0.15) is 5.10 Å². The third-order valence-corrected chi connectivity index (χ3v) is 7.14. The number of hydrogen-bond donors (Lipinski definition) is 2. The Hall–Kier alpha value is -2.16. The van der Waals surface area contributed by atoms with Crippen molar-refractivity contribution in [2.45, 2.75) is 31.6 Å². The van der Waals surface area contributed by atoms with Crippen molar-refractivity contribution in [2.24, 2.45) is 13.0 Å². The average molecular weight is 461 g/mol. The second-order valence-electron chi connectivity index (χ2n) is 9.20. The molecule has 0 radical (unpaired) electrons. The van der Waals surface area contributed by atoms with Crippen LogP contribution in [0.3, 0.4) is 0 Å². The number of anilines is 1. The molecule has 2 aromatic rings. The van der Waals surface area contributed by atoms with Crippen molar-refractivity contribution in [3.05, 3.63) is 23.9 Å². The average Bonchev–Trinajstić information content (AvgIpc) is 3.11. The summed E-state index contributed by atoms with van der Waals surface area (Å²) in [7, 11) is 1.93. The number of hydrogen-bond acceptors (Lipinski definition) is 6. The van der Waals surface area contributed by atoms with Crippen molar-refractivity contribution in [1.29, 1.82) is 0 Å². The van der Waals surface area contributed by atoms with E-state index in [9.17, 15) is 9.59 Å². The van der Waals surface area contributed by atoms with Crippen LogP contribution in [-0.2, 0) is 16.6 Å². The van der Waals surface area contributed by atoms with Crippen molar-refractivity contribution in [1.82, 2.24) is 25.3 Å². The molecule has 1 aromatic heterocycles. The quantitative estimate of drug-likeness (QED) is 0.675. The van der Waals surface area contributed by atoms with E-state index in [0.717, 1.165) is 48.7 Å². The number of halogens is 1. The van der Waals surface area contributed by atoms with Crippen LogP contribution in [0.1, 0.15) is 37.3 Å². The van der Waals surface area contributed by atoms with E-state index in [0.29, 0.717) is 12.8 Å². The molecule has 0 bridgehead atoms. The molecule has 3 aliphatic heterocycles. The maximum absolute atomic E-state index is 12.3. The zero-order valence-corrected chi connectivity index (χ0v) is 19.5. The normalized spacial score (nSPS) is 23.3. The van der Waals surface area contributed by atoms with Gasteiger partial charge in [0.25, 0.3) is 0 Å². The molecule has 1 aromatic carbocycles. The predicted molar refractivity (Wildman–Crippen MR) is 127 cm³/mol. The summed E-state index contributed by atoms with van der Waals surface area (Å²) < 4.78 is 1.87. The van der Waals surface area contributed by atoms with Crippen LogP contribution in [0.25, 0.3) is 10.9 Å². The Kier molecular flexibility index (Phi) is 7.02. The van der Waals surface area contributed by atoms with Crippen LogP contribution in [0.15, 0.2) is 18.2 Å². The molecule has 1 unspecified atom stereocenters. The number of amides is 2. The van der Waals surface area contributed by atoms with Crippen molar-refractivity contribution in [3.8, 4) is 0 Å². The largest absolute Gasteiger partial charge is 0.371 e. The SMILES string of the molecule is Cl.Cn1nc(C2CCC(=O)NC2=O)c2ccc(N3CCC(CN4CCNCC4)CC3)cc21. The number of nitrogens with zero attached hydrogens (tertiary/aromatic N) is 4. The van der Waals surface area contributed by atoms with E-state index >= 15 is 0 Å². The van der Waals surface area contributed by atoms with E-state index < -0.39 is 0 Å². The molecule has 3 fully saturated rings. The molecule has 32 heavy (non-hydrogen) atoms. The molecule has 0 aliphatic carbocycles. The molecule has 0 spiro atoms. The van der Waals surface area contributed by atoms with Crippen LogP contribution < -0.4 is 15.5 Å². The highest BCUT2D eigenvalue weighted by Crippen LogP contribution is 2.33. The summed E-state index contributed by atoms with van der Waals surface area (Å²) in [6.45, 7) is 7.97. The van der Waals surface area contributed by atoms with Crippen LogP contribution in [0.4, 0.5) is 5.69 Å². The number of carbonyl (C=O) groups excluding carboxylic acids is 2. The van der Waals surface area contributed by atoms with Gasteiger partial charge in [-0.15, -0.1) is 12.4 Å². The Morgan fingerprint density at radius 1 is 1.06 bits per heavy atom. The van der Waals surface area contributed by atoms with E-state index in [1.54, 1.807) is 0 Å². The fraction of sp³-hybridized carbons (Fsp3) is 0.609. The number of fused-ring (bicyclic) bond motifs is 1. The molecular formula is C23H33ClN6O2. The summed E-state index contributed by atoms with van der Waals surface area (Å²) in [6, 6.07) is 6.47. The van der Waals surface area contributed by atoms with Gasteiger partial charge >= 0.3 is 0 Å². The van der Waals surface area contributed by atoms with E-state index in [2.05, 4.69) is 43.7 Å². The third kappa shape index (κ3) is 4.63. The summed E-state index contributed by atoms with van der Waals surface area (Å²) in [5, 5.41) is 11.6. The molecule has 2 amide bonds. The van der Waals surface area contributed by atoms with E-state index in [1.165, 1.54) is 38.2 Å². The van der Waals surface area contributed by atoms with Gasteiger partial charge in [0.15, 0.2) is 0 Å². The zero-order valence-electron chi connectivity index (χ0n) is 18.7. The van der Waals surface area contributed by atoms with Gasteiger partial charge in [-0.3, -0.25) is 19.6 Å². The smallest absolute Gasteiger partial charge is 0.235 e. The Labute approximate surface area is 195 Å². The maximum atomic E-state index is 12.3. The number of benzene rings is 1.